The lowest BCUT2D eigenvalue weighted by atomic mass is 10.1. The highest BCUT2D eigenvalue weighted by molar-refractivity contribution is 9.10. The van der Waals surface area contributed by atoms with E-state index in [4.69, 9.17) is 0 Å². The zero-order valence-electron chi connectivity index (χ0n) is 22.4. The van der Waals surface area contributed by atoms with Crippen molar-refractivity contribution < 1.29 is 22.9 Å². The molecule has 40 heavy (non-hydrogen) atoms. The van der Waals surface area contributed by atoms with Crippen molar-refractivity contribution in [2.75, 3.05) is 10.8 Å². The molecule has 12 heteroatoms. The summed E-state index contributed by atoms with van der Waals surface area (Å²) in [5.41, 5.74) is 0.583. The quantitative estimate of drug-likeness (QED) is 0.224. The summed E-state index contributed by atoms with van der Waals surface area (Å²) in [7, 11) is -4.26. The minimum atomic E-state index is -4.26. The molecule has 3 aromatic carbocycles. The minimum Gasteiger partial charge on any atom is -0.352 e. The van der Waals surface area contributed by atoms with Crippen LogP contribution in [-0.2, 0) is 26.2 Å². The van der Waals surface area contributed by atoms with Gasteiger partial charge in [0, 0.05) is 29.2 Å². The third-order valence-corrected chi connectivity index (χ3v) is 8.65. The molecule has 0 saturated heterocycles. The molecule has 212 valence electrons. The van der Waals surface area contributed by atoms with E-state index in [0.29, 0.717) is 6.42 Å². The van der Waals surface area contributed by atoms with E-state index in [1.54, 1.807) is 37.3 Å². The topological polar surface area (TPSA) is 130 Å². The molecule has 3 aromatic rings. The first-order valence-electron chi connectivity index (χ1n) is 12.6. The van der Waals surface area contributed by atoms with Gasteiger partial charge in [0.05, 0.1) is 15.5 Å². The van der Waals surface area contributed by atoms with Crippen LogP contribution in [0.2, 0.25) is 0 Å². The lowest BCUT2D eigenvalue weighted by molar-refractivity contribution is -0.384. The fraction of sp³-hybridized carbons (Fsp3) is 0.286. The number of carbonyl (C=O) groups excluding carboxylic acids is 2. The van der Waals surface area contributed by atoms with Gasteiger partial charge in [-0.15, -0.1) is 0 Å². The van der Waals surface area contributed by atoms with Crippen LogP contribution in [0.3, 0.4) is 0 Å². The second-order valence-corrected chi connectivity index (χ2v) is 12.0. The molecule has 0 bridgehead atoms. The van der Waals surface area contributed by atoms with Gasteiger partial charge in [0.2, 0.25) is 11.8 Å². The van der Waals surface area contributed by atoms with E-state index in [1.807, 2.05) is 26.0 Å². The van der Waals surface area contributed by atoms with E-state index < -0.39 is 33.4 Å². The maximum atomic E-state index is 13.9. The smallest absolute Gasteiger partial charge is 0.269 e. The Kier molecular flexibility index (Phi) is 10.4. The lowest BCUT2D eigenvalue weighted by Crippen LogP contribution is -2.52. The summed E-state index contributed by atoms with van der Waals surface area (Å²) in [6.07, 6.45) is 0.696. The number of nitro benzene ring substituents is 1. The van der Waals surface area contributed by atoms with Crippen LogP contribution >= 0.6 is 15.9 Å². The third kappa shape index (κ3) is 7.66. The van der Waals surface area contributed by atoms with Gasteiger partial charge in [0.25, 0.3) is 15.7 Å². The average molecular weight is 632 g/mol. The molecular weight excluding hydrogens is 600 g/mol. The first kappa shape index (κ1) is 30.8. The van der Waals surface area contributed by atoms with Crippen LogP contribution in [0, 0.1) is 10.1 Å². The van der Waals surface area contributed by atoms with Gasteiger partial charge in [0.1, 0.15) is 12.6 Å². The molecule has 2 unspecified atom stereocenters. The summed E-state index contributed by atoms with van der Waals surface area (Å²) in [6, 6.07) is 18.7. The molecule has 0 aliphatic carbocycles. The Balaban J connectivity index is 2.03. The molecule has 0 aliphatic rings. The fourth-order valence-corrected chi connectivity index (χ4v) is 5.75. The number of non-ortho nitro benzene ring substituents is 1. The van der Waals surface area contributed by atoms with Crippen molar-refractivity contribution in [2.24, 2.45) is 0 Å². The summed E-state index contributed by atoms with van der Waals surface area (Å²) in [5, 5.41) is 14.1. The molecule has 0 heterocycles. The number of halogens is 1. The number of amides is 2. The normalized spacial score (nSPS) is 12.7. The van der Waals surface area contributed by atoms with E-state index in [9.17, 15) is 28.1 Å². The van der Waals surface area contributed by atoms with E-state index in [0.717, 1.165) is 14.3 Å². The van der Waals surface area contributed by atoms with E-state index >= 15 is 0 Å². The summed E-state index contributed by atoms with van der Waals surface area (Å²) in [4.78, 5) is 38.8. The number of carbonyl (C=O) groups is 2. The Hall–Kier alpha value is -3.77. The van der Waals surface area contributed by atoms with Crippen LogP contribution < -0.4 is 9.62 Å². The lowest BCUT2D eigenvalue weighted by Gasteiger charge is -2.32. The highest BCUT2D eigenvalue weighted by Crippen LogP contribution is 2.26. The van der Waals surface area contributed by atoms with Crippen LogP contribution in [0.25, 0.3) is 0 Å². The van der Waals surface area contributed by atoms with Crippen LogP contribution in [0.15, 0.2) is 88.2 Å². The second-order valence-electron chi connectivity index (χ2n) is 9.24. The molecule has 0 aliphatic heterocycles. The summed E-state index contributed by atoms with van der Waals surface area (Å²) in [5.74, 6) is -0.991. The van der Waals surface area contributed by atoms with E-state index in [-0.39, 0.29) is 34.8 Å². The fourth-order valence-electron chi connectivity index (χ4n) is 3.87. The number of anilines is 1. The highest BCUT2D eigenvalue weighted by Gasteiger charge is 2.33. The molecule has 0 aromatic heterocycles. The second kappa shape index (κ2) is 13.5. The molecular formula is C28H31BrN4O6S. The van der Waals surface area contributed by atoms with Crippen LogP contribution in [0.5, 0.6) is 0 Å². The monoisotopic (exact) mass is 630 g/mol. The zero-order chi connectivity index (χ0) is 29.4. The zero-order valence-corrected chi connectivity index (χ0v) is 24.8. The maximum Gasteiger partial charge on any atom is 0.269 e. The Morgan fingerprint density at radius 2 is 1.65 bits per heavy atom. The number of sulfonamides is 1. The van der Waals surface area contributed by atoms with Gasteiger partial charge in [-0.25, -0.2) is 8.42 Å². The number of benzene rings is 3. The van der Waals surface area contributed by atoms with Crippen molar-refractivity contribution in [3.63, 3.8) is 0 Å². The standard InChI is InChI=1S/C28H31BrN4O6S/c1-4-20(2)30-28(35)21(3)31(18-22-9-8-10-23(29)17-22)27(34)19-32(24-13-15-25(16-14-24)33(36)37)40(38,39)26-11-6-5-7-12-26/h5-17,20-21H,4,18-19H2,1-3H3,(H,30,35). The van der Waals surface area contributed by atoms with Crippen molar-refractivity contribution >= 4 is 49.1 Å². The third-order valence-electron chi connectivity index (χ3n) is 6.37. The maximum absolute atomic E-state index is 13.9. The van der Waals surface area contributed by atoms with Gasteiger partial charge in [-0.05, 0) is 62.2 Å². The number of rotatable bonds is 12. The number of nitrogens with zero attached hydrogens (tertiary/aromatic N) is 3. The molecule has 2 atom stereocenters. The Morgan fingerprint density at radius 1 is 1.00 bits per heavy atom. The Morgan fingerprint density at radius 3 is 2.23 bits per heavy atom. The number of nitro groups is 1. The SMILES string of the molecule is CCC(C)NC(=O)C(C)N(Cc1cccc(Br)c1)C(=O)CN(c1ccc([N+](=O)[O-])cc1)S(=O)(=O)c1ccccc1. The molecule has 2 amide bonds. The first-order valence-corrected chi connectivity index (χ1v) is 14.8. The largest absolute Gasteiger partial charge is 0.352 e. The number of nitrogens with one attached hydrogen (secondary N) is 1. The van der Waals surface area contributed by atoms with Crippen molar-refractivity contribution in [3.05, 3.63) is 99.0 Å². The summed E-state index contributed by atoms with van der Waals surface area (Å²) in [6.45, 7) is 4.79. The van der Waals surface area contributed by atoms with Crippen LogP contribution in [0.4, 0.5) is 11.4 Å². The molecule has 0 saturated carbocycles. The number of hydrogen-bond acceptors (Lipinski definition) is 6. The van der Waals surface area contributed by atoms with Gasteiger partial charge in [-0.1, -0.05) is 53.2 Å². The van der Waals surface area contributed by atoms with Crippen LogP contribution in [0.1, 0.15) is 32.8 Å². The minimum absolute atomic E-state index is 0.0485. The molecule has 10 nitrogen and oxygen atoms in total. The summed E-state index contributed by atoms with van der Waals surface area (Å²) >= 11 is 3.42. The Labute approximate surface area is 242 Å². The molecule has 0 fully saturated rings. The summed E-state index contributed by atoms with van der Waals surface area (Å²) < 4.78 is 29.2. The molecule has 0 radical (unpaired) electrons. The molecule has 3 rings (SSSR count). The molecule has 1 N–H and O–H groups in total. The van der Waals surface area contributed by atoms with Gasteiger partial charge in [-0.2, -0.15) is 0 Å². The van der Waals surface area contributed by atoms with Gasteiger partial charge in [-0.3, -0.25) is 24.0 Å². The Bertz CT molecular complexity index is 1450. The van der Waals surface area contributed by atoms with Crippen LogP contribution in [-0.4, -0.2) is 48.7 Å². The van der Waals surface area contributed by atoms with Crippen molar-refractivity contribution in [1.82, 2.24) is 10.2 Å². The predicted molar refractivity (Wildman–Crippen MR) is 156 cm³/mol. The van der Waals surface area contributed by atoms with Crippen molar-refractivity contribution in [1.29, 1.82) is 0 Å². The predicted octanol–water partition coefficient (Wildman–Crippen LogP) is 4.88. The van der Waals surface area contributed by atoms with Gasteiger partial charge < -0.3 is 10.2 Å². The molecule has 0 spiro atoms. The van der Waals surface area contributed by atoms with Crippen molar-refractivity contribution in [3.8, 4) is 0 Å². The first-order chi connectivity index (χ1) is 18.9. The van der Waals surface area contributed by atoms with E-state index in [1.165, 1.54) is 41.3 Å². The van der Waals surface area contributed by atoms with Gasteiger partial charge >= 0.3 is 0 Å². The average Bonchev–Trinajstić information content (AvgIpc) is 2.94. The number of hydrogen-bond donors (Lipinski definition) is 1. The highest BCUT2D eigenvalue weighted by atomic mass is 79.9. The van der Waals surface area contributed by atoms with Crippen molar-refractivity contribution in [2.45, 2.75) is 50.7 Å². The van der Waals surface area contributed by atoms with Gasteiger partial charge in [0.15, 0.2) is 0 Å². The van der Waals surface area contributed by atoms with E-state index in [2.05, 4.69) is 21.2 Å².